The van der Waals surface area contributed by atoms with Crippen LogP contribution in [0.25, 0.3) is 5.65 Å². The van der Waals surface area contributed by atoms with E-state index in [1.807, 2.05) is 6.07 Å². The average molecular weight is 344 g/mol. The number of fused-ring (bicyclic) bond motifs is 1. The second-order valence-electron chi connectivity index (χ2n) is 5.27. The molecule has 0 fully saturated rings. The second kappa shape index (κ2) is 6.42. The molecule has 2 heterocycles. The topological polar surface area (TPSA) is 107 Å². The van der Waals surface area contributed by atoms with Gasteiger partial charge in [-0.05, 0) is 36.2 Å². The van der Waals surface area contributed by atoms with Gasteiger partial charge in [0.05, 0.1) is 4.90 Å². The number of primary sulfonamides is 1. The Bertz CT molecular complexity index is 1030. The van der Waals surface area contributed by atoms with Gasteiger partial charge in [0.1, 0.15) is 11.5 Å². The van der Waals surface area contributed by atoms with Crippen LogP contribution in [0.4, 0.5) is 5.82 Å². The molecule has 0 aliphatic rings. The highest BCUT2D eigenvalue weighted by Crippen LogP contribution is 2.10. The first-order valence-corrected chi connectivity index (χ1v) is 8.82. The molecule has 3 N–H and O–H groups in total. The Morgan fingerprint density at radius 3 is 2.58 bits per heavy atom. The lowest BCUT2D eigenvalue weighted by atomic mass is 10.1. The number of aromatic nitrogens is 2. The molecule has 0 bridgehead atoms. The minimum atomic E-state index is -3.67. The lowest BCUT2D eigenvalue weighted by molar-refractivity contribution is 0.598. The second-order valence-corrected chi connectivity index (χ2v) is 6.84. The molecule has 0 saturated carbocycles. The number of benzene rings is 1. The predicted octanol–water partition coefficient (Wildman–Crippen LogP) is 0.996. The van der Waals surface area contributed by atoms with Crippen molar-refractivity contribution >= 4 is 21.5 Å². The van der Waals surface area contributed by atoms with E-state index in [1.54, 1.807) is 30.5 Å². The number of nitrogens with zero attached hydrogens (tertiary/aromatic N) is 2. The number of sulfonamides is 1. The summed E-state index contributed by atoms with van der Waals surface area (Å²) < 4.78 is 23.9. The molecule has 8 heteroatoms. The third kappa shape index (κ3) is 3.61. The summed E-state index contributed by atoms with van der Waals surface area (Å²) in [4.78, 5) is 16.4. The minimum absolute atomic E-state index is 0.0865. The normalized spacial score (nSPS) is 11.5. The van der Waals surface area contributed by atoms with E-state index in [1.165, 1.54) is 22.6 Å². The van der Waals surface area contributed by atoms with Crippen molar-refractivity contribution in [2.45, 2.75) is 11.3 Å². The molecule has 1 aromatic carbocycles. The summed E-state index contributed by atoms with van der Waals surface area (Å²) in [6.07, 6.45) is 2.32. The van der Waals surface area contributed by atoms with Gasteiger partial charge in [-0.15, -0.1) is 0 Å². The largest absolute Gasteiger partial charge is 0.370 e. The average Bonchev–Trinajstić information content (AvgIpc) is 2.55. The highest BCUT2D eigenvalue weighted by atomic mass is 32.2. The van der Waals surface area contributed by atoms with Crippen LogP contribution >= 0.6 is 0 Å². The van der Waals surface area contributed by atoms with E-state index in [9.17, 15) is 13.2 Å². The van der Waals surface area contributed by atoms with Crippen molar-refractivity contribution in [2.24, 2.45) is 5.14 Å². The number of hydrogen-bond acceptors (Lipinski definition) is 5. The van der Waals surface area contributed by atoms with Crippen LogP contribution in [-0.4, -0.2) is 24.3 Å². The van der Waals surface area contributed by atoms with Gasteiger partial charge in [-0.3, -0.25) is 9.20 Å². The van der Waals surface area contributed by atoms with Crippen LogP contribution in [0.1, 0.15) is 5.56 Å². The number of hydrogen-bond donors (Lipinski definition) is 2. The van der Waals surface area contributed by atoms with Crippen LogP contribution in [-0.2, 0) is 16.4 Å². The Hall–Kier alpha value is -2.71. The molecule has 0 aliphatic heterocycles. The lowest BCUT2D eigenvalue weighted by Gasteiger charge is -2.07. The Morgan fingerprint density at radius 2 is 1.88 bits per heavy atom. The fourth-order valence-electron chi connectivity index (χ4n) is 2.32. The van der Waals surface area contributed by atoms with Gasteiger partial charge in [0.25, 0.3) is 5.56 Å². The Labute approximate surface area is 138 Å². The molecule has 0 unspecified atom stereocenters. The first-order valence-electron chi connectivity index (χ1n) is 7.27. The molecule has 0 aliphatic carbocycles. The van der Waals surface area contributed by atoms with Crippen molar-refractivity contribution in [1.82, 2.24) is 9.38 Å². The van der Waals surface area contributed by atoms with E-state index < -0.39 is 10.0 Å². The maximum absolute atomic E-state index is 12.0. The van der Waals surface area contributed by atoms with Gasteiger partial charge in [-0.2, -0.15) is 0 Å². The fourth-order valence-corrected chi connectivity index (χ4v) is 2.84. The first-order chi connectivity index (χ1) is 11.4. The van der Waals surface area contributed by atoms with E-state index in [0.717, 1.165) is 5.56 Å². The van der Waals surface area contributed by atoms with Crippen molar-refractivity contribution in [3.8, 4) is 0 Å². The Kier molecular flexibility index (Phi) is 4.32. The fraction of sp³-hybridized carbons (Fsp3) is 0.125. The number of nitrogens with two attached hydrogens (primary N) is 1. The van der Waals surface area contributed by atoms with Gasteiger partial charge >= 0.3 is 0 Å². The van der Waals surface area contributed by atoms with Crippen molar-refractivity contribution in [1.29, 1.82) is 0 Å². The van der Waals surface area contributed by atoms with Crippen molar-refractivity contribution < 1.29 is 8.42 Å². The molecule has 0 radical (unpaired) electrons. The standard InChI is InChI=1S/C16H16N4O3S/c17-24(22,23)13-6-4-12(5-7-13)8-9-18-14-11-16(21)20-10-2-1-3-15(20)19-14/h1-7,10-11,18H,8-9H2,(H2,17,22,23). The molecule has 0 saturated heterocycles. The monoisotopic (exact) mass is 344 g/mol. The third-order valence-electron chi connectivity index (χ3n) is 3.54. The Balaban J connectivity index is 1.67. The molecular formula is C16H16N4O3S. The summed E-state index contributed by atoms with van der Waals surface area (Å²) in [5.74, 6) is 0.507. The van der Waals surface area contributed by atoms with Gasteiger partial charge in [-0.25, -0.2) is 18.5 Å². The molecule has 24 heavy (non-hydrogen) atoms. The zero-order valence-electron chi connectivity index (χ0n) is 12.7. The molecule has 0 amide bonds. The molecule has 0 spiro atoms. The highest BCUT2D eigenvalue weighted by molar-refractivity contribution is 7.89. The van der Waals surface area contributed by atoms with E-state index in [-0.39, 0.29) is 10.5 Å². The number of nitrogens with one attached hydrogen (secondary N) is 1. The summed E-state index contributed by atoms with van der Waals surface area (Å²) >= 11 is 0. The van der Waals surface area contributed by atoms with Crippen LogP contribution < -0.4 is 16.0 Å². The first kappa shape index (κ1) is 16.2. The number of pyridine rings is 1. The van der Waals surface area contributed by atoms with Crippen LogP contribution in [0, 0.1) is 0 Å². The van der Waals surface area contributed by atoms with Gasteiger partial charge in [0.15, 0.2) is 0 Å². The predicted molar refractivity (Wildman–Crippen MR) is 91.5 cm³/mol. The lowest BCUT2D eigenvalue weighted by Crippen LogP contribution is -2.16. The highest BCUT2D eigenvalue weighted by Gasteiger charge is 2.06. The molecule has 2 aromatic heterocycles. The molecule has 3 aromatic rings. The zero-order valence-corrected chi connectivity index (χ0v) is 13.5. The van der Waals surface area contributed by atoms with Crippen molar-refractivity contribution in [3.05, 3.63) is 70.6 Å². The number of rotatable bonds is 5. The Morgan fingerprint density at radius 1 is 1.12 bits per heavy atom. The minimum Gasteiger partial charge on any atom is -0.370 e. The van der Waals surface area contributed by atoms with Gasteiger partial charge in [-0.1, -0.05) is 18.2 Å². The van der Waals surface area contributed by atoms with Gasteiger partial charge in [0, 0.05) is 18.8 Å². The molecule has 7 nitrogen and oxygen atoms in total. The summed E-state index contributed by atoms with van der Waals surface area (Å²) in [5, 5.41) is 8.17. The van der Waals surface area contributed by atoms with Crippen molar-refractivity contribution in [3.63, 3.8) is 0 Å². The maximum Gasteiger partial charge on any atom is 0.259 e. The van der Waals surface area contributed by atoms with Gasteiger partial charge in [0.2, 0.25) is 10.0 Å². The van der Waals surface area contributed by atoms with Crippen LogP contribution in [0.15, 0.2) is 64.4 Å². The number of anilines is 1. The zero-order chi connectivity index (χ0) is 17.2. The molecule has 124 valence electrons. The van der Waals surface area contributed by atoms with Crippen LogP contribution in [0.3, 0.4) is 0 Å². The van der Waals surface area contributed by atoms with E-state index >= 15 is 0 Å². The summed E-state index contributed by atoms with van der Waals surface area (Å²) in [7, 11) is -3.67. The SMILES string of the molecule is NS(=O)(=O)c1ccc(CCNc2cc(=O)n3ccccc3n2)cc1. The summed E-state index contributed by atoms with van der Waals surface area (Å²) in [6, 6.07) is 13.2. The van der Waals surface area contributed by atoms with Crippen molar-refractivity contribution in [2.75, 3.05) is 11.9 Å². The van der Waals surface area contributed by atoms with Crippen LogP contribution in [0.5, 0.6) is 0 Å². The van der Waals surface area contributed by atoms with Crippen LogP contribution in [0.2, 0.25) is 0 Å². The molecule has 0 atom stereocenters. The summed E-state index contributed by atoms with van der Waals surface area (Å²) in [5.41, 5.74) is 1.37. The quantitative estimate of drug-likeness (QED) is 0.718. The smallest absolute Gasteiger partial charge is 0.259 e. The maximum atomic E-state index is 12.0. The third-order valence-corrected chi connectivity index (χ3v) is 4.47. The van der Waals surface area contributed by atoms with E-state index in [0.29, 0.717) is 24.4 Å². The van der Waals surface area contributed by atoms with E-state index in [2.05, 4.69) is 10.3 Å². The molecular weight excluding hydrogens is 328 g/mol. The summed E-state index contributed by atoms with van der Waals surface area (Å²) in [6.45, 7) is 0.560. The van der Waals surface area contributed by atoms with E-state index in [4.69, 9.17) is 5.14 Å². The molecule has 3 rings (SSSR count). The van der Waals surface area contributed by atoms with Gasteiger partial charge < -0.3 is 5.32 Å².